The van der Waals surface area contributed by atoms with Crippen LogP contribution in [0.25, 0.3) is 0 Å². The van der Waals surface area contributed by atoms with Crippen molar-refractivity contribution in [2.24, 2.45) is 5.92 Å². The van der Waals surface area contributed by atoms with Gasteiger partial charge in [0.15, 0.2) is 5.82 Å². The van der Waals surface area contributed by atoms with E-state index in [-0.39, 0.29) is 30.7 Å². The molecule has 0 bridgehead atoms. The minimum atomic E-state index is -0.783. The molecule has 8 heteroatoms. The zero-order valence-electron chi connectivity index (χ0n) is 13.9. The average molecular weight is 334 g/mol. The van der Waals surface area contributed by atoms with Crippen molar-refractivity contribution >= 4 is 23.7 Å². The van der Waals surface area contributed by atoms with E-state index in [1.165, 1.54) is 0 Å². The first-order valence-electron chi connectivity index (χ1n) is 8.29. The monoisotopic (exact) mass is 334 g/mol. The zero-order valence-corrected chi connectivity index (χ0v) is 13.9. The molecule has 3 rings (SSSR count). The number of rotatable bonds is 4. The molecule has 2 fully saturated rings. The number of nitrogens with zero attached hydrogens (tertiary/aromatic N) is 2. The molecule has 0 unspecified atom stereocenters. The van der Waals surface area contributed by atoms with Crippen molar-refractivity contribution in [1.82, 2.24) is 15.4 Å². The SMILES string of the molecule is Cc1cc(NC(=O)CCN2C(=O)N[C@]3(CCCC[C@@H]3C)C2=O)no1. The van der Waals surface area contributed by atoms with Crippen LogP contribution in [-0.4, -0.2) is 40.0 Å². The number of imide groups is 1. The van der Waals surface area contributed by atoms with Crippen LogP contribution in [0.1, 0.15) is 44.8 Å². The normalized spacial score (nSPS) is 26.8. The van der Waals surface area contributed by atoms with Crippen molar-refractivity contribution in [1.29, 1.82) is 0 Å². The van der Waals surface area contributed by atoms with Gasteiger partial charge in [-0.25, -0.2) is 4.79 Å². The summed E-state index contributed by atoms with van der Waals surface area (Å²) in [5.41, 5.74) is -0.783. The standard InChI is InChI=1S/C16H22N4O4/c1-10-5-3-4-7-16(10)14(22)20(15(23)18-16)8-6-13(21)17-12-9-11(2)24-19-12/h9-10H,3-8H2,1-2H3,(H,18,23)(H,17,19,21)/t10-,16-/m0/s1. The van der Waals surface area contributed by atoms with Gasteiger partial charge in [-0.2, -0.15) is 0 Å². The first-order valence-corrected chi connectivity index (χ1v) is 8.29. The van der Waals surface area contributed by atoms with E-state index in [9.17, 15) is 14.4 Å². The van der Waals surface area contributed by atoms with Crippen LogP contribution in [0.3, 0.4) is 0 Å². The predicted molar refractivity (Wildman–Crippen MR) is 85.1 cm³/mol. The predicted octanol–water partition coefficient (Wildman–Crippen LogP) is 1.81. The second-order valence-corrected chi connectivity index (χ2v) is 6.63. The number of nitrogens with one attached hydrogen (secondary N) is 2. The highest BCUT2D eigenvalue weighted by atomic mass is 16.5. The van der Waals surface area contributed by atoms with Crippen molar-refractivity contribution in [2.75, 3.05) is 11.9 Å². The number of carbonyl (C=O) groups excluding carboxylic acids is 3. The molecule has 24 heavy (non-hydrogen) atoms. The maximum atomic E-state index is 12.8. The Labute approximate surface area is 139 Å². The Bertz CT molecular complexity index is 671. The lowest BCUT2D eigenvalue weighted by Crippen LogP contribution is -2.54. The molecular formula is C16H22N4O4. The fourth-order valence-electron chi connectivity index (χ4n) is 3.54. The Kier molecular flexibility index (Phi) is 4.29. The van der Waals surface area contributed by atoms with E-state index in [1.54, 1.807) is 13.0 Å². The summed E-state index contributed by atoms with van der Waals surface area (Å²) < 4.78 is 4.87. The molecular weight excluding hydrogens is 312 g/mol. The number of carbonyl (C=O) groups is 3. The fourth-order valence-corrected chi connectivity index (χ4v) is 3.54. The van der Waals surface area contributed by atoms with E-state index < -0.39 is 11.6 Å². The van der Waals surface area contributed by atoms with Gasteiger partial charge in [0.2, 0.25) is 5.91 Å². The van der Waals surface area contributed by atoms with Crippen LogP contribution in [0.4, 0.5) is 10.6 Å². The van der Waals surface area contributed by atoms with E-state index in [2.05, 4.69) is 15.8 Å². The highest BCUT2D eigenvalue weighted by Crippen LogP contribution is 2.38. The fraction of sp³-hybridized carbons (Fsp3) is 0.625. The lowest BCUT2D eigenvalue weighted by molar-refractivity contribution is -0.134. The van der Waals surface area contributed by atoms with Gasteiger partial charge in [0, 0.05) is 19.0 Å². The van der Waals surface area contributed by atoms with Crippen LogP contribution in [0.15, 0.2) is 10.6 Å². The minimum absolute atomic E-state index is 0.0233. The smallest absolute Gasteiger partial charge is 0.325 e. The summed E-state index contributed by atoms with van der Waals surface area (Å²) in [6, 6.07) is 1.20. The van der Waals surface area contributed by atoms with Gasteiger partial charge in [-0.15, -0.1) is 0 Å². The van der Waals surface area contributed by atoms with Crippen LogP contribution in [-0.2, 0) is 9.59 Å². The maximum absolute atomic E-state index is 12.8. The summed E-state index contributed by atoms with van der Waals surface area (Å²) in [6.07, 6.45) is 3.61. The Morgan fingerprint density at radius 2 is 2.29 bits per heavy atom. The van der Waals surface area contributed by atoms with Gasteiger partial charge in [-0.3, -0.25) is 14.5 Å². The lowest BCUT2D eigenvalue weighted by Gasteiger charge is -2.36. The second kappa shape index (κ2) is 6.26. The van der Waals surface area contributed by atoms with E-state index in [4.69, 9.17) is 4.52 Å². The van der Waals surface area contributed by atoms with Gasteiger partial charge >= 0.3 is 6.03 Å². The van der Waals surface area contributed by atoms with Gasteiger partial charge in [-0.1, -0.05) is 24.9 Å². The summed E-state index contributed by atoms with van der Waals surface area (Å²) in [7, 11) is 0. The number of aryl methyl sites for hydroxylation is 1. The van der Waals surface area contributed by atoms with E-state index in [1.807, 2.05) is 6.92 Å². The second-order valence-electron chi connectivity index (χ2n) is 6.63. The molecule has 8 nitrogen and oxygen atoms in total. The Morgan fingerprint density at radius 1 is 1.50 bits per heavy atom. The number of hydrogen-bond donors (Lipinski definition) is 2. The summed E-state index contributed by atoms with van der Waals surface area (Å²) in [5, 5.41) is 9.13. The van der Waals surface area contributed by atoms with Crippen molar-refractivity contribution < 1.29 is 18.9 Å². The van der Waals surface area contributed by atoms with Crippen LogP contribution in [0, 0.1) is 12.8 Å². The summed E-state index contributed by atoms with van der Waals surface area (Å²) in [4.78, 5) is 38.1. The third-order valence-corrected chi connectivity index (χ3v) is 4.96. The van der Waals surface area contributed by atoms with Crippen LogP contribution in [0.5, 0.6) is 0 Å². The van der Waals surface area contributed by atoms with Gasteiger partial charge in [0.25, 0.3) is 5.91 Å². The number of amides is 4. The summed E-state index contributed by atoms with van der Waals surface area (Å²) in [5.74, 6) is 0.505. The van der Waals surface area contributed by atoms with Crippen LogP contribution in [0.2, 0.25) is 0 Å². The van der Waals surface area contributed by atoms with Crippen LogP contribution < -0.4 is 10.6 Å². The van der Waals surface area contributed by atoms with Gasteiger partial charge in [-0.05, 0) is 25.7 Å². The molecule has 1 aliphatic heterocycles. The molecule has 2 N–H and O–H groups in total. The Morgan fingerprint density at radius 3 is 2.96 bits per heavy atom. The minimum Gasteiger partial charge on any atom is -0.360 e. The molecule has 130 valence electrons. The Balaban J connectivity index is 1.60. The molecule has 1 saturated carbocycles. The molecule has 1 aromatic heterocycles. The molecule has 2 atom stereocenters. The van der Waals surface area contributed by atoms with Gasteiger partial charge in [0.05, 0.1) is 0 Å². The van der Waals surface area contributed by atoms with E-state index in [0.29, 0.717) is 18.0 Å². The first-order chi connectivity index (χ1) is 11.4. The highest BCUT2D eigenvalue weighted by Gasteiger charge is 2.54. The number of aromatic nitrogens is 1. The molecule has 1 saturated heterocycles. The molecule has 4 amide bonds. The number of anilines is 1. The van der Waals surface area contributed by atoms with Crippen molar-refractivity contribution in [3.8, 4) is 0 Å². The van der Waals surface area contributed by atoms with Gasteiger partial charge < -0.3 is 15.2 Å². The topological polar surface area (TPSA) is 105 Å². The van der Waals surface area contributed by atoms with E-state index >= 15 is 0 Å². The van der Waals surface area contributed by atoms with Crippen molar-refractivity contribution in [3.05, 3.63) is 11.8 Å². The molecule has 2 heterocycles. The number of urea groups is 1. The Hall–Kier alpha value is -2.38. The van der Waals surface area contributed by atoms with Gasteiger partial charge in [0.1, 0.15) is 11.3 Å². The van der Waals surface area contributed by atoms with E-state index in [0.717, 1.165) is 24.2 Å². The van der Waals surface area contributed by atoms with Crippen LogP contribution >= 0.6 is 0 Å². The largest absolute Gasteiger partial charge is 0.360 e. The first kappa shape index (κ1) is 16.5. The quantitative estimate of drug-likeness (QED) is 0.817. The molecule has 1 aliphatic carbocycles. The third-order valence-electron chi connectivity index (χ3n) is 4.96. The van der Waals surface area contributed by atoms with Crippen molar-refractivity contribution in [2.45, 2.75) is 51.5 Å². The maximum Gasteiger partial charge on any atom is 0.325 e. The molecule has 1 spiro atoms. The molecule has 0 aromatic carbocycles. The zero-order chi connectivity index (χ0) is 17.3. The summed E-state index contributed by atoms with van der Waals surface area (Å²) >= 11 is 0. The molecule has 2 aliphatic rings. The summed E-state index contributed by atoms with van der Waals surface area (Å²) in [6.45, 7) is 3.78. The number of hydrogen-bond acceptors (Lipinski definition) is 5. The third kappa shape index (κ3) is 2.88. The molecule has 1 aromatic rings. The highest BCUT2D eigenvalue weighted by molar-refractivity contribution is 6.07. The van der Waals surface area contributed by atoms with Crippen molar-refractivity contribution in [3.63, 3.8) is 0 Å². The average Bonchev–Trinajstić information content (AvgIpc) is 3.03. The molecule has 0 radical (unpaired) electrons. The lowest BCUT2D eigenvalue weighted by atomic mass is 9.73.